The van der Waals surface area contributed by atoms with Gasteiger partial charge in [0.1, 0.15) is 5.82 Å². The summed E-state index contributed by atoms with van der Waals surface area (Å²) in [6, 6.07) is 11.7. The Morgan fingerprint density at radius 2 is 1.96 bits per heavy atom. The maximum atomic E-state index is 13.1. The number of likely N-dealkylation sites (N-methyl/N-ethyl adjacent to an activating group) is 1. The molecule has 1 heterocycles. The van der Waals surface area contributed by atoms with Gasteiger partial charge in [0.05, 0.1) is 12.1 Å². The highest BCUT2D eigenvalue weighted by Crippen LogP contribution is 2.44. The largest absolute Gasteiger partial charge is 0.308 e. The van der Waals surface area contributed by atoms with Crippen LogP contribution in [-0.2, 0) is 6.54 Å². The second-order valence-corrected chi connectivity index (χ2v) is 7.35. The van der Waals surface area contributed by atoms with Crippen LogP contribution in [0.5, 0.6) is 0 Å². The summed E-state index contributed by atoms with van der Waals surface area (Å²) in [6.07, 6.45) is 2.41. The van der Waals surface area contributed by atoms with E-state index in [0.29, 0.717) is 17.3 Å². The molecular weight excluding hydrogens is 343 g/mol. The number of benzene rings is 2. The van der Waals surface area contributed by atoms with Crippen molar-refractivity contribution >= 4 is 22.6 Å². The Hall–Kier alpha value is -2.73. The molecule has 4 rings (SSSR count). The molecule has 0 atom stereocenters. The van der Waals surface area contributed by atoms with E-state index < -0.39 is 0 Å². The van der Waals surface area contributed by atoms with Gasteiger partial charge in [-0.25, -0.2) is 4.39 Å². The number of halogens is 1. The zero-order valence-corrected chi connectivity index (χ0v) is 15.6. The van der Waals surface area contributed by atoms with Crippen LogP contribution in [0.15, 0.2) is 42.5 Å². The van der Waals surface area contributed by atoms with E-state index in [0.717, 1.165) is 24.0 Å². The van der Waals surface area contributed by atoms with Crippen LogP contribution in [0.3, 0.4) is 0 Å². The van der Waals surface area contributed by atoms with E-state index >= 15 is 0 Å². The maximum absolute atomic E-state index is 13.1. The molecule has 1 aromatic heterocycles. The quantitative estimate of drug-likeness (QED) is 0.721. The van der Waals surface area contributed by atoms with Crippen molar-refractivity contribution in [3.63, 3.8) is 0 Å². The summed E-state index contributed by atoms with van der Waals surface area (Å²) in [4.78, 5) is 14.7. The second-order valence-electron chi connectivity index (χ2n) is 7.35. The molecule has 0 bridgehead atoms. The number of anilines is 1. The van der Waals surface area contributed by atoms with E-state index in [9.17, 15) is 9.18 Å². The normalized spacial score (nSPS) is 14.1. The SMILES string of the molecule is CN(C)CCn1nc(NC(=O)c2ccc(F)cc2)c2cccc(C3CC3)c21. The molecular formula is C21H23FN4O. The van der Waals surface area contributed by atoms with Crippen molar-refractivity contribution in [3.05, 3.63) is 59.4 Å². The molecule has 0 saturated heterocycles. The molecule has 3 aromatic rings. The third-order valence-electron chi connectivity index (χ3n) is 4.92. The van der Waals surface area contributed by atoms with Crippen LogP contribution in [0.4, 0.5) is 10.2 Å². The molecule has 1 fully saturated rings. The Balaban J connectivity index is 1.70. The molecule has 0 spiro atoms. The van der Waals surface area contributed by atoms with E-state index in [1.54, 1.807) is 0 Å². The van der Waals surface area contributed by atoms with Crippen molar-refractivity contribution in [2.75, 3.05) is 26.0 Å². The topological polar surface area (TPSA) is 50.2 Å². The van der Waals surface area contributed by atoms with Gasteiger partial charge >= 0.3 is 0 Å². The average molecular weight is 366 g/mol. The second kappa shape index (κ2) is 7.12. The third-order valence-corrected chi connectivity index (χ3v) is 4.92. The first-order valence-electron chi connectivity index (χ1n) is 9.24. The lowest BCUT2D eigenvalue weighted by Crippen LogP contribution is -2.19. The van der Waals surface area contributed by atoms with Crippen LogP contribution >= 0.6 is 0 Å². The van der Waals surface area contributed by atoms with Crippen LogP contribution < -0.4 is 5.32 Å². The number of amides is 1. The molecule has 5 nitrogen and oxygen atoms in total. The summed E-state index contributed by atoms with van der Waals surface area (Å²) in [7, 11) is 4.06. The summed E-state index contributed by atoms with van der Waals surface area (Å²) < 4.78 is 15.1. The lowest BCUT2D eigenvalue weighted by atomic mass is 10.1. The Kier molecular flexibility index (Phi) is 4.66. The molecule has 2 aromatic carbocycles. The van der Waals surface area contributed by atoms with Crippen molar-refractivity contribution < 1.29 is 9.18 Å². The van der Waals surface area contributed by atoms with Gasteiger partial charge in [-0.1, -0.05) is 12.1 Å². The zero-order chi connectivity index (χ0) is 19.0. The number of aromatic nitrogens is 2. The molecule has 27 heavy (non-hydrogen) atoms. The first-order valence-corrected chi connectivity index (χ1v) is 9.24. The van der Waals surface area contributed by atoms with Crippen LogP contribution in [0.1, 0.15) is 34.7 Å². The first-order chi connectivity index (χ1) is 13.0. The lowest BCUT2D eigenvalue weighted by Gasteiger charge is -2.11. The summed E-state index contributed by atoms with van der Waals surface area (Å²) in [5.74, 6) is 0.495. The minimum absolute atomic E-state index is 0.286. The molecule has 1 N–H and O–H groups in total. The van der Waals surface area contributed by atoms with E-state index in [2.05, 4.69) is 16.3 Å². The van der Waals surface area contributed by atoms with Crippen molar-refractivity contribution in [1.82, 2.24) is 14.7 Å². The standard InChI is InChI=1S/C21H23FN4O/c1-25(2)12-13-26-19-17(14-6-7-14)4-3-5-18(19)20(24-26)23-21(27)15-8-10-16(22)11-9-15/h3-5,8-11,14H,6-7,12-13H2,1-2H3,(H,23,24,27). The van der Waals surface area contributed by atoms with E-state index in [1.807, 2.05) is 30.9 Å². The molecule has 1 saturated carbocycles. The fourth-order valence-electron chi connectivity index (χ4n) is 3.32. The van der Waals surface area contributed by atoms with Gasteiger partial charge in [0.15, 0.2) is 5.82 Å². The van der Waals surface area contributed by atoms with Gasteiger partial charge in [0.2, 0.25) is 0 Å². The number of nitrogens with zero attached hydrogens (tertiary/aromatic N) is 3. The predicted octanol–water partition coefficient (Wildman–Crippen LogP) is 3.87. The predicted molar refractivity (Wildman–Crippen MR) is 105 cm³/mol. The number of hydrogen-bond acceptors (Lipinski definition) is 3. The smallest absolute Gasteiger partial charge is 0.256 e. The molecule has 0 unspecified atom stereocenters. The highest BCUT2D eigenvalue weighted by atomic mass is 19.1. The van der Waals surface area contributed by atoms with Crippen molar-refractivity contribution in [2.45, 2.75) is 25.3 Å². The third kappa shape index (κ3) is 3.71. The summed E-state index contributed by atoms with van der Waals surface area (Å²) in [5, 5.41) is 8.56. The van der Waals surface area contributed by atoms with Crippen LogP contribution in [0, 0.1) is 5.82 Å². The first kappa shape index (κ1) is 17.7. The number of nitrogens with one attached hydrogen (secondary N) is 1. The van der Waals surface area contributed by atoms with Gasteiger partial charge in [-0.05, 0) is 68.8 Å². The van der Waals surface area contributed by atoms with Gasteiger partial charge in [0.25, 0.3) is 5.91 Å². The Morgan fingerprint density at radius 1 is 1.22 bits per heavy atom. The Labute approximate surface area is 157 Å². The van der Waals surface area contributed by atoms with E-state index in [1.165, 1.54) is 42.7 Å². The fourth-order valence-corrected chi connectivity index (χ4v) is 3.32. The van der Waals surface area contributed by atoms with Crippen molar-refractivity contribution in [3.8, 4) is 0 Å². The number of fused-ring (bicyclic) bond motifs is 1. The summed E-state index contributed by atoms with van der Waals surface area (Å²) in [6.45, 7) is 1.61. The fraction of sp³-hybridized carbons (Fsp3) is 0.333. The molecule has 140 valence electrons. The van der Waals surface area contributed by atoms with E-state index in [4.69, 9.17) is 5.10 Å². The Bertz CT molecular complexity index is 974. The van der Waals surface area contributed by atoms with Gasteiger partial charge in [-0.3, -0.25) is 9.48 Å². The number of carbonyl (C=O) groups excluding carboxylic acids is 1. The minimum atomic E-state index is -0.362. The van der Waals surface area contributed by atoms with Gasteiger partial charge in [-0.2, -0.15) is 5.10 Å². The van der Waals surface area contributed by atoms with Gasteiger partial charge < -0.3 is 10.2 Å². The average Bonchev–Trinajstić information content (AvgIpc) is 3.44. The number of para-hydroxylation sites is 1. The lowest BCUT2D eigenvalue weighted by molar-refractivity contribution is 0.102. The van der Waals surface area contributed by atoms with Crippen LogP contribution in [0.2, 0.25) is 0 Å². The maximum Gasteiger partial charge on any atom is 0.256 e. The van der Waals surface area contributed by atoms with Crippen molar-refractivity contribution in [2.24, 2.45) is 0 Å². The Morgan fingerprint density at radius 3 is 2.63 bits per heavy atom. The zero-order valence-electron chi connectivity index (χ0n) is 15.6. The van der Waals surface area contributed by atoms with Crippen LogP contribution in [0.25, 0.3) is 10.9 Å². The van der Waals surface area contributed by atoms with Crippen LogP contribution in [-0.4, -0.2) is 41.2 Å². The van der Waals surface area contributed by atoms with Gasteiger partial charge in [-0.15, -0.1) is 0 Å². The molecule has 0 aliphatic heterocycles. The number of hydrogen-bond donors (Lipinski definition) is 1. The van der Waals surface area contributed by atoms with Gasteiger partial charge in [0, 0.05) is 17.5 Å². The van der Waals surface area contributed by atoms with E-state index in [-0.39, 0.29) is 11.7 Å². The monoisotopic (exact) mass is 366 g/mol. The minimum Gasteiger partial charge on any atom is -0.308 e. The molecule has 0 radical (unpaired) electrons. The number of rotatable bonds is 6. The number of carbonyl (C=O) groups is 1. The molecule has 6 heteroatoms. The molecule has 1 amide bonds. The van der Waals surface area contributed by atoms with Crippen molar-refractivity contribution in [1.29, 1.82) is 0 Å². The summed E-state index contributed by atoms with van der Waals surface area (Å²) in [5.41, 5.74) is 2.82. The molecule has 1 aliphatic carbocycles. The molecule has 1 aliphatic rings. The highest BCUT2D eigenvalue weighted by molar-refractivity contribution is 6.08. The highest BCUT2D eigenvalue weighted by Gasteiger charge is 2.28. The summed E-state index contributed by atoms with van der Waals surface area (Å²) >= 11 is 0.